The van der Waals surface area contributed by atoms with Gasteiger partial charge < -0.3 is 14.8 Å². The lowest BCUT2D eigenvalue weighted by molar-refractivity contribution is -0.139. The third-order valence-electron chi connectivity index (χ3n) is 2.47. The Kier molecular flexibility index (Phi) is 4.31. The van der Waals surface area contributed by atoms with Crippen LogP contribution in [0.15, 0.2) is 10.5 Å². The summed E-state index contributed by atoms with van der Waals surface area (Å²) in [6, 6.07) is 0.761. The second-order valence-electron chi connectivity index (χ2n) is 3.98. The van der Waals surface area contributed by atoms with Crippen molar-refractivity contribution in [2.24, 2.45) is 0 Å². The Hall–Kier alpha value is -1.78. The van der Waals surface area contributed by atoms with E-state index in [0.717, 1.165) is 0 Å². The van der Waals surface area contributed by atoms with Gasteiger partial charge in [-0.2, -0.15) is 0 Å². The Bertz CT molecular complexity index is 422. The molecule has 0 aliphatic carbocycles. The number of carboxylic acid groups (broad SMARTS) is 1. The molecule has 0 bridgehead atoms. The minimum Gasteiger partial charge on any atom is -0.480 e. The van der Waals surface area contributed by atoms with Crippen LogP contribution in [0.5, 0.6) is 0 Å². The molecule has 0 saturated carbocycles. The van der Waals surface area contributed by atoms with Crippen molar-refractivity contribution in [1.29, 1.82) is 0 Å². The van der Waals surface area contributed by atoms with Crippen LogP contribution in [0.1, 0.15) is 41.6 Å². The highest BCUT2D eigenvalue weighted by Gasteiger charge is 2.21. The van der Waals surface area contributed by atoms with Crippen LogP contribution >= 0.6 is 0 Å². The summed E-state index contributed by atoms with van der Waals surface area (Å²) in [5.41, 5.74) is 0.393. The van der Waals surface area contributed by atoms with Crippen molar-refractivity contribution in [3.63, 3.8) is 0 Å². The molecule has 1 aromatic heterocycles. The summed E-state index contributed by atoms with van der Waals surface area (Å²) in [6.45, 7) is 5.29. The maximum atomic E-state index is 11.8. The molecule has 5 nitrogen and oxygen atoms in total. The first-order chi connectivity index (χ1) is 7.95. The van der Waals surface area contributed by atoms with E-state index in [9.17, 15) is 9.59 Å². The van der Waals surface area contributed by atoms with Crippen LogP contribution in [-0.4, -0.2) is 23.0 Å². The monoisotopic (exact) mass is 239 g/mol. The van der Waals surface area contributed by atoms with Gasteiger partial charge in [0.25, 0.3) is 5.91 Å². The van der Waals surface area contributed by atoms with Crippen LogP contribution < -0.4 is 5.32 Å². The number of carbonyl (C=O) groups is 2. The first-order valence-corrected chi connectivity index (χ1v) is 5.56. The predicted molar refractivity (Wildman–Crippen MR) is 62.0 cm³/mol. The molecule has 0 aliphatic heterocycles. The summed E-state index contributed by atoms with van der Waals surface area (Å²) in [7, 11) is 0. The fraction of sp³-hybridized carbons (Fsp3) is 0.500. The molecule has 5 heteroatoms. The lowest BCUT2D eigenvalue weighted by atomic mass is 10.1. The fourth-order valence-electron chi connectivity index (χ4n) is 1.64. The minimum absolute atomic E-state index is 0.393. The molecule has 0 saturated heterocycles. The number of nitrogens with one attached hydrogen (secondary N) is 1. The van der Waals surface area contributed by atoms with Gasteiger partial charge in [0.1, 0.15) is 17.6 Å². The average Bonchev–Trinajstić information content (AvgIpc) is 2.57. The van der Waals surface area contributed by atoms with E-state index in [4.69, 9.17) is 9.52 Å². The van der Waals surface area contributed by atoms with Crippen LogP contribution in [0.25, 0.3) is 0 Å². The van der Waals surface area contributed by atoms with E-state index in [1.54, 1.807) is 19.9 Å². The van der Waals surface area contributed by atoms with E-state index in [0.29, 0.717) is 29.9 Å². The van der Waals surface area contributed by atoms with E-state index in [-0.39, 0.29) is 0 Å². The quantitative estimate of drug-likeness (QED) is 0.822. The number of aliphatic carboxylic acids is 1. The molecule has 0 aromatic carbocycles. The Morgan fingerprint density at radius 2 is 2.12 bits per heavy atom. The van der Waals surface area contributed by atoms with Crippen molar-refractivity contribution in [3.05, 3.63) is 23.2 Å². The summed E-state index contributed by atoms with van der Waals surface area (Å²) in [5, 5.41) is 11.4. The van der Waals surface area contributed by atoms with Crippen LogP contribution in [0.3, 0.4) is 0 Å². The molecular weight excluding hydrogens is 222 g/mol. The Balaban J connectivity index is 2.77. The molecule has 1 rings (SSSR count). The van der Waals surface area contributed by atoms with Crippen molar-refractivity contribution in [2.75, 3.05) is 0 Å². The number of hydrogen-bond donors (Lipinski definition) is 2. The molecule has 1 amide bonds. The maximum absolute atomic E-state index is 11.8. The maximum Gasteiger partial charge on any atom is 0.326 e. The minimum atomic E-state index is -1.02. The molecule has 1 atom stereocenters. The van der Waals surface area contributed by atoms with E-state index in [2.05, 4.69) is 5.32 Å². The van der Waals surface area contributed by atoms with Gasteiger partial charge in [-0.05, 0) is 26.3 Å². The smallest absolute Gasteiger partial charge is 0.326 e. The van der Waals surface area contributed by atoms with Crippen LogP contribution in [0, 0.1) is 13.8 Å². The first-order valence-electron chi connectivity index (χ1n) is 5.56. The van der Waals surface area contributed by atoms with Crippen LogP contribution in [0.4, 0.5) is 0 Å². The number of carbonyl (C=O) groups excluding carboxylic acids is 1. The molecule has 0 radical (unpaired) electrons. The standard InChI is InChI=1S/C12H17NO4/c1-4-5-10(12(15)16)13-11(14)9-6-7(2)17-8(9)3/h6,10H,4-5H2,1-3H3,(H,13,14)(H,15,16)/t10-/m0/s1. The zero-order chi connectivity index (χ0) is 13.0. The predicted octanol–water partition coefficient (Wildman–Crippen LogP) is 1.88. The van der Waals surface area contributed by atoms with Gasteiger partial charge in [-0.3, -0.25) is 4.79 Å². The molecule has 94 valence electrons. The number of aryl methyl sites for hydroxylation is 2. The topological polar surface area (TPSA) is 79.5 Å². The van der Waals surface area contributed by atoms with Crippen LogP contribution in [-0.2, 0) is 4.79 Å². The molecule has 0 fully saturated rings. The summed E-state index contributed by atoms with van der Waals surface area (Å²) >= 11 is 0. The molecule has 1 aromatic rings. The molecular formula is C12H17NO4. The van der Waals surface area contributed by atoms with Crippen molar-refractivity contribution < 1.29 is 19.1 Å². The van der Waals surface area contributed by atoms with Gasteiger partial charge in [0.2, 0.25) is 0 Å². The zero-order valence-electron chi connectivity index (χ0n) is 10.2. The van der Waals surface area contributed by atoms with Crippen LogP contribution in [0.2, 0.25) is 0 Å². The van der Waals surface area contributed by atoms with Crippen molar-refractivity contribution in [2.45, 2.75) is 39.7 Å². The van der Waals surface area contributed by atoms with Crippen molar-refractivity contribution in [1.82, 2.24) is 5.32 Å². The number of rotatable bonds is 5. The van der Waals surface area contributed by atoms with Gasteiger partial charge in [0, 0.05) is 0 Å². The molecule has 1 heterocycles. The zero-order valence-corrected chi connectivity index (χ0v) is 10.2. The SMILES string of the molecule is CCC[C@H](NC(=O)c1cc(C)oc1C)C(=O)O. The molecule has 0 aliphatic rings. The lowest BCUT2D eigenvalue weighted by Gasteiger charge is -2.12. The molecule has 2 N–H and O–H groups in total. The van der Waals surface area contributed by atoms with Gasteiger partial charge >= 0.3 is 5.97 Å². The highest BCUT2D eigenvalue weighted by molar-refractivity contribution is 5.97. The van der Waals surface area contributed by atoms with Gasteiger partial charge in [-0.25, -0.2) is 4.79 Å². The number of hydrogen-bond acceptors (Lipinski definition) is 3. The summed E-state index contributed by atoms with van der Waals surface area (Å²) in [4.78, 5) is 22.7. The summed E-state index contributed by atoms with van der Waals surface area (Å²) < 4.78 is 5.23. The first kappa shape index (κ1) is 13.3. The number of carboxylic acids is 1. The van der Waals surface area contributed by atoms with E-state index in [1.165, 1.54) is 0 Å². The van der Waals surface area contributed by atoms with Gasteiger partial charge in [-0.1, -0.05) is 13.3 Å². The van der Waals surface area contributed by atoms with Gasteiger partial charge in [-0.15, -0.1) is 0 Å². The lowest BCUT2D eigenvalue weighted by Crippen LogP contribution is -2.40. The van der Waals surface area contributed by atoms with E-state index in [1.807, 2.05) is 6.92 Å². The number of amides is 1. The van der Waals surface area contributed by atoms with Crippen molar-refractivity contribution in [3.8, 4) is 0 Å². The average molecular weight is 239 g/mol. The molecule has 17 heavy (non-hydrogen) atoms. The van der Waals surface area contributed by atoms with Gasteiger partial charge in [0.15, 0.2) is 0 Å². The van der Waals surface area contributed by atoms with E-state index < -0.39 is 17.9 Å². The highest BCUT2D eigenvalue weighted by atomic mass is 16.4. The normalized spacial score (nSPS) is 12.2. The Morgan fingerprint density at radius 3 is 2.53 bits per heavy atom. The largest absolute Gasteiger partial charge is 0.480 e. The van der Waals surface area contributed by atoms with E-state index >= 15 is 0 Å². The summed E-state index contributed by atoms with van der Waals surface area (Å²) in [5.74, 6) is -0.283. The third-order valence-corrected chi connectivity index (χ3v) is 2.47. The van der Waals surface area contributed by atoms with Crippen molar-refractivity contribution >= 4 is 11.9 Å². The second-order valence-corrected chi connectivity index (χ2v) is 3.98. The third kappa shape index (κ3) is 3.34. The number of furan rings is 1. The Morgan fingerprint density at radius 1 is 1.47 bits per heavy atom. The molecule has 0 spiro atoms. The summed E-state index contributed by atoms with van der Waals surface area (Å²) in [6.07, 6.45) is 1.11. The highest BCUT2D eigenvalue weighted by Crippen LogP contribution is 2.13. The Labute approximate surface area is 99.8 Å². The molecule has 0 unspecified atom stereocenters. The fourth-order valence-corrected chi connectivity index (χ4v) is 1.64. The second kappa shape index (κ2) is 5.52. The van der Waals surface area contributed by atoms with Gasteiger partial charge in [0.05, 0.1) is 5.56 Å².